The Morgan fingerprint density at radius 2 is 2.05 bits per heavy atom. The molecule has 0 aliphatic heterocycles. The van der Waals surface area contributed by atoms with Crippen molar-refractivity contribution >= 4 is 17.3 Å². The monoisotopic (exact) mass is 259 g/mol. The van der Waals surface area contributed by atoms with E-state index in [1.54, 1.807) is 24.3 Å². The summed E-state index contributed by atoms with van der Waals surface area (Å²) in [7, 11) is 0. The predicted molar refractivity (Wildman–Crippen MR) is 72.2 cm³/mol. The number of carboxylic acids is 1. The molecular weight excluding hydrogens is 245 g/mol. The molecule has 0 spiro atoms. The highest BCUT2D eigenvalue weighted by molar-refractivity contribution is 5.71. The molecule has 2 rings (SSSR count). The molecule has 0 aliphatic rings. The largest absolute Gasteiger partial charge is 0.481 e. The summed E-state index contributed by atoms with van der Waals surface area (Å²) < 4.78 is 13.1. The van der Waals surface area contributed by atoms with Crippen LogP contribution in [0.25, 0.3) is 0 Å². The normalized spacial score (nSPS) is 10.2. The third kappa shape index (κ3) is 3.55. The molecule has 0 bridgehead atoms. The van der Waals surface area contributed by atoms with E-state index < -0.39 is 5.97 Å². The number of hydrogen-bond acceptors (Lipinski definition) is 2. The SMILES string of the molecule is Cc1cc(CC(=O)O)ccc1Nc1cccc(F)c1. The van der Waals surface area contributed by atoms with Crippen LogP contribution in [0.1, 0.15) is 11.1 Å². The molecule has 0 saturated carbocycles. The first-order valence-corrected chi connectivity index (χ1v) is 5.88. The molecule has 0 aliphatic carbocycles. The van der Waals surface area contributed by atoms with Gasteiger partial charge in [-0.05, 0) is 42.3 Å². The minimum absolute atomic E-state index is 0.00108. The number of nitrogens with one attached hydrogen (secondary N) is 1. The van der Waals surface area contributed by atoms with Gasteiger partial charge in [0.2, 0.25) is 0 Å². The van der Waals surface area contributed by atoms with Gasteiger partial charge in [0.1, 0.15) is 5.82 Å². The third-order valence-corrected chi connectivity index (χ3v) is 2.75. The second kappa shape index (κ2) is 5.52. The highest BCUT2D eigenvalue weighted by Crippen LogP contribution is 2.22. The van der Waals surface area contributed by atoms with Crippen LogP contribution in [0, 0.1) is 12.7 Å². The summed E-state index contributed by atoms with van der Waals surface area (Å²) in [5, 5.41) is 11.8. The zero-order chi connectivity index (χ0) is 13.8. The highest BCUT2D eigenvalue weighted by atomic mass is 19.1. The summed E-state index contributed by atoms with van der Waals surface area (Å²) in [6, 6.07) is 11.6. The van der Waals surface area contributed by atoms with E-state index in [1.807, 2.05) is 13.0 Å². The van der Waals surface area contributed by atoms with Gasteiger partial charge >= 0.3 is 5.97 Å². The zero-order valence-corrected chi connectivity index (χ0v) is 10.5. The van der Waals surface area contributed by atoms with E-state index in [0.29, 0.717) is 5.69 Å². The molecular formula is C15H14FNO2. The summed E-state index contributed by atoms with van der Waals surface area (Å²) >= 11 is 0. The number of carboxylic acid groups (broad SMARTS) is 1. The van der Waals surface area contributed by atoms with Gasteiger partial charge < -0.3 is 10.4 Å². The van der Waals surface area contributed by atoms with Crippen molar-refractivity contribution < 1.29 is 14.3 Å². The van der Waals surface area contributed by atoms with Gasteiger partial charge in [0, 0.05) is 11.4 Å². The topological polar surface area (TPSA) is 49.3 Å². The quantitative estimate of drug-likeness (QED) is 0.883. The highest BCUT2D eigenvalue weighted by Gasteiger charge is 2.04. The molecule has 0 fully saturated rings. The van der Waals surface area contributed by atoms with Crippen molar-refractivity contribution in [1.82, 2.24) is 0 Å². The maximum absolute atomic E-state index is 13.1. The molecule has 98 valence electrons. The van der Waals surface area contributed by atoms with Gasteiger partial charge in [-0.1, -0.05) is 18.2 Å². The van der Waals surface area contributed by atoms with E-state index in [0.717, 1.165) is 16.8 Å². The van der Waals surface area contributed by atoms with Gasteiger partial charge in [-0.15, -0.1) is 0 Å². The van der Waals surface area contributed by atoms with Gasteiger partial charge in [-0.25, -0.2) is 4.39 Å². The standard InChI is InChI=1S/C15H14FNO2/c1-10-7-11(8-15(18)19)5-6-14(10)17-13-4-2-3-12(16)9-13/h2-7,9,17H,8H2,1H3,(H,18,19). The second-order valence-corrected chi connectivity index (χ2v) is 4.36. The first kappa shape index (κ1) is 13.1. The maximum Gasteiger partial charge on any atom is 0.307 e. The lowest BCUT2D eigenvalue weighted by Gasteiger charge is -2.11. The minimum atomic E-state index is -0.856. The van der Waals surface area contributed by atoms with Gasteiger partial charge in [-0.2, -0.15) is 0 Å². The number of carbonyl (C=O) groups is 1. The number of aryl methyl sites for hydroxylation is 1. The van der Waals surface area contributed by atoms with E-state index in [4.69, 9.17) is 5.11 Å². The van der Waals surface area contributed by atoms with Gasteiger partial charge in [0.15, 0.2) is 0 Å². The Kier molecular flexibility index (Phi) is 3.80. The Morgan fingerprint density at radius 1 is 1.26 bits per heavy atom. The van der Waals surface area contributed by atoms with Crippen LogP contribution in [0.4, 0.5) is 15.8 Å². The van der Waals surface area contributed by atoms with Crippen LogP contribution in [-0.2, 0) is 11.2 Å². The van der Waals surface area contributed by atoms with Gasteiger partial charge in [0.05, 0.1) is 6.42 Å². The lowest BCUT2D eigenvalue weighted by atomic mass is 10.1. The van der Waals surface area contributed by atoms with Crippen molar-refractivity contribution in [2.24, 2.45) is 0 Å². The van der Waals surface area contributed by atoms with Crippen molar-refractivity contribution in [2.45, 2.75) is 13.3 Å². The van der Waals surface area contributed by atoms with Crippen LogP contribution in [0.5, 0.6) is 0 Å². The second-order valence-electron chi connectivity index (χ2n) is 4.36. The van der Waals surface area contributed by atoms with Crippen LogP contribution >= 0.6 is 0 Å². The predicted octanol–water partition coefficient (Wildman–Crippen LogP) is 3.50. The van der Waals surface area contributed by atoms with Crippen molar-refractivity contribution in [3.63, 3.8) is 0 Å². The minimum Gasteiger partial charge on any atom is -0.481 e. The molecule has 2 aromatic carbocycles. The van der Waals surface area contributed by atoms with E-state index >= 15 is 0 Å². The Balaban J connectivity index is 2.19. The maximum atomic E-state index is 13.1. The average molecular weight is 259 g/mol. The van der Waals surface area contributed by atoms with Crippen LogP contribution in [-0.4, -0.2) is 11.1 Å². The van der Waals surface area contributed by atoms with E-state index in [2.05, 4.69) is 5.32 Å². The van der Waals surface area contributed by atoms with Crippen LogP contribution in [0.2, 0.25) is 0 Å². The zero-order valence-electron chi connectivity index (χ0n) is 10.5. The fraction of sp³-hybridized carbons (Fsp3) is 0.133. The van der Waals surface area contributed by atoms with Crippen molar-refractivity contribution in [3.8, 4) is 0 Å². The number of rotatable bonds is 4. The number of anilines is 2. The summed E-state index contributed by atoms with van der Waals surface area (Å²) in [6.45, 7) is 1.88. The average Bonchev–Trinajstić information content (AvgIpc) is 2.32. The first-order valence-electron chi connectivity index (χ1n) is 5.88. The summed E-state index contributed by atoms with van der Waals surface area (Å²) in [5.41, 5.74) is 3.16. The first-order chi connectivity index (χ1) is 9.04. The summed E-state index contributed by atoms with van der Waals surface area (Å²) in [5.74, 6) is -1.16. The van der Waals surface area contributed by atoms with E-state index in [1.165, 1.54) is 12.1 Å². The van der Waals surface area contributed by atoms with E-state index in [9.17, 15) is 9.18 Å². The number of benzene rings is 2. The number of hydrogen-bond donors (Lipinski definition) is 2. The molecule has 0 saturated heterocycles. The third-order valence-electron chi connectivity index (χ3n) is 2.75. The van der Waals surface area contributed by atoms with Crippen molar-refractivity contribution in [2.75, 3.05) is 5.32 Å². The van der Waals surface area contributed by atoms with Gasteiger partial charge in [0.25, 0.3) is 0 Å². The van der Waals surface area contributed by atoms with Crippen molar-refractivity contribution in [1.29, 1.82) is 0 Å². The van der Waals surface area contributed by atoms with Gasteiger partial charge in [-0.3, -0.25) is 4.79 Å². The summed E-state index contributed by atoms with van der Waals surface area (Å²) in [4.78, 5) is 10.6. The lowest BCUT2D eigenvalue weighted by Crippen LogP contribution is -2.01. The Morgan fingerprint density at radius 3 is 2.68 bits per heavy atom. The van der Waals surface area contributed by atoms with Crippen molar-refractivity contribution in [3.05, 3.63) is 59.4 Å². The van der Waals surface area contributed by atoms with Crippen LogP contribution < -0.4 is 5.32 Å². The molecule has 0 amide bonds. The van der Waals surface area contributed by atoms with E-state index in [-0.39, 0.29) is 12.2 Å². The molecule has 0 unspecified atom stereocenters. The lowest BCUT2D eigenvalue weighted by molar-refractivity contribution is -0.136. The van der Waals surface area contributed by atoms with Crippen LogP contribution in [0.15, 0.2) is 42.5 Å². The number of aliphatic carboxylic acids is 1. The molecule has 0 heterocycles. The Labute approximate surface area is 110 Å². The Hall–Kier alpha value is -2.36. The fourth-order valence-corrected chi connectivity index (χ4v) is 1.87. The summed E-state index contributed by atoms with van der Waals surface area (Å²) in [6.07, 6.45) is 0.00108. The van der Waals surface area contributed by atoms with Crippen LogP contribution in [0.3, 0.4) is 0 Å². The fourth-order valence-electron chi connectivity index (χ4n) is 1.87. The molecule has 0 radical (unpaired) electrons. The molecule has 2 N–H and O–H groups in total. The molecule has 19 heavy (non-hydrogen) atoms. The molecule has 0 atom stereocenters. The molecule has 2 aromatic rings. The Bertz CT molecular complexity index is 611. The molecule has 3 nitrogen and oxygen atoms in total. The number of halogens is 1. The molecule has 4 heteroatoms. The molecule has 0 aromatic heterocycles. The smallest absolute Gasteiger partial charge is 0.307 e.